The highest BCUT2D eigenvalue weighted by Gasteiger charge is 2.20. The van der Waals surface area contributed by atoms with Crippen molar-refractivity contribution in [3.05, 3.63) is 146 Å². The van der Waals surface area contributed by atoms with Crippen LogP contribution < -0.4 is 10.6 Å². The van der Waals surface area contributed by atoms with E-state index in [0.29, 0.717) is 37.2 Å². The number of nitrogens with one attached hydrogen (secondary N) is 2. The molecule has 0 radical (unpaired) electrons. The van der Waals surface area contributed by atoms with Gasteiger partial charge >= 0.3 is 0 Å². The molecule has 0 aliphatic heterocycles. The van der Waals surface area contributed by atoms with Crippen LogP contribution in [0.5, 0.6) is 0 Å². The van der Waals surface area contributed by atoms with E-state index in [4.69, 9.17) is 0 Å². The second-order valence-electron chi connectivity index (χ2n) is 14.2. The van der Waals surface area contributed by atoms with E-state index < -0.39 is 6.04 Å². The number of anilines is 1. The number of carbonyl (C=O) groups excluding carboxylic acids is 3. The molecule has 1 aromatic rings. The van der Waals surface area contributed by atoms with Crippen molar-refractivity contribution in [3.8, 4) is 0 Å². The first-order valence-electron chi connectivity index (χ1n) is 22.1. The fourth-order valence-electron chi connectivity index (χ4n) is 5.71. The summed E-state index contributed by atoms with van der Waals surface area (Å²) in [5.41, 5.74) is 0.646. The van der Waals surface area contributed by atoms with Gasteiger partial charge in [0, 0.05) is 37.3 Å². The van der Waals surface area contributed by atoms with Crippen molar-refractivity contribution < 1.29 is 14.4 Å². The van der Waals surface area contributed by atoms with Gasteiger partial charge in [-0.25, -0.2) is 0 Å². The van der Waals surface area contributed by atoms with E-state index in [1.54, 1.807) is 24.5 Å². The van der Waals surface area contributed by atoms with Crippen LogP contribution in [-0.2, 0) is 14.4 Å². The first-order chi connectivity index (χ1) is 28.6. The van der Waals surface area contributed by atoms with Gasteiger partial charge < -0.3 is 10.6 Å². The number of pyridine rings is 1. The number of rotatable bonds is 35. The van der Waals surface area contributed by atoms with Crippen LogP contribution in [0.3, 0.4) is 0 Å². The fraction of sp³-hybridized carbons (Fsp3) is 0.462. The smallest absolute Gasteiger partial charge is 0.246 e. The topological polar surface area (TPSA) is 88.2 Å². The van der Waals surface area contributed by atoms with Crippen molar-refractivity contribution in [2.24, 2.45) is 0 Å². The van der Waals surface area contributed by atoms with E-state index in [1.807, 2.05) is 0 Å². The lowest BCUT2D eigenvalue weighted by Crippen LogP contribution is -2.43. The molecule has 1 atom stereocenters. The van der Waals surface area contributed by atoms with Crippen LogP contribution in [0.4, 0.5) is 5.69 Å². The number of carbonyl (C=O) groups is 3. The molecular formula is C52H75N3O3. The van der Waals surface area contributed by atoms with Crippen LogP contribution in [0, 0.1) is 0 Å². The number of hydrogen-bond acceptors (Lipinski definition) is 4. The zero-order valence-electron chi connectivity index (χ0n) is 36.0. The zero-order chi connectivity index (χ0) is 41.8. The number of amides is 2. The highest BCUT2D eigenvalue weighted by molar-refractivity contribution is 5.97. The maximum Gasteiger partial charge on any atom is 0.246 e. The molecule has 316 valence electrons. The summed E-state index contributed by atoms with van der Waals surface area (Å²) in [5, 5.41) is 5.87. The number of aromatic nitrogens is 1. The Morgan fingerprint density at radius 1 is 0.500 bits per heavy atom. The third-order valence-electron chi connectivity index (χ3n) is 8.96. The maximum atomic E-state index is 13.1. The minimum Gasteiger partial charge on any atom is -0.344 e. The predicted octanol–water partition coefficient (Wildman–Crippen LogP) is 13.9. The Bertz CT molecular complexity index is 1490. The van der Waals surface area contributed by atoms with Gasteiger partial charge in [0.1, 0.15) is 11.8 Å². The van der Waals surface area contributed by atoms with Crippen LogP contribution in [-0.4, -0.2) is 28.6 Å². The summed E-state index contributed by atoms with van der Waals surface area (Å²) in [6.07, 6.45) is 64.5. The number of nitrogens with zero attached hydrogens (tertiary/aromatic N) is 1. The van der Waals surface area contributed by atoms with Crippen molar-refractivity contribution in [2.45, 2.75) is 155 Å². The fourth-order valence-corrected chi connectivity index (χ4v) is 5.71. The van der Waals surface area contributed by atoms with Crippen LogP contribution in [0.1, 0.15) is 149 Å². The summed E-state index contributed by atoms with van der Waals surface area (Å²) >= 11 is 0. The number of Topliss-reactive ketones (excluding diaryl/α,β-unsaturated/α-hetero) is 1. The third kappa shape index (κ3) is 34.4. The molecule has 0 aromatic carbocycles. The predicted molar refractivity (Wildman–Crippen MR) is 250 cm³/mol. The average Bonchev–Trinajstić information content (AvgIpc) is 3.22. The minimum absolute atomic E-state index is 0.120. The lowest BCUT2D eigenvalue weighted by molar-refractivity contribution is -0.126. The molecule has 0 aliphatic rings. The molecule has 58 heavy (non-hydrogen) atoms. The molecule has 1 rings (SSSR count). The largest absolute Gasteiger partial charge is 0.344 e. The Balaban J connectivity index is 2.27. The summed E-state index contributed by atoms with van der Waals surface area (Å²) in [7, 11) is 0. The highest BCUT2D eigenvalue weighted by Crippen LogP contribution is 2.12. The van der Waals surface area contributed by atoms with E-state index >= 15 is 0 Å². The quantitative estimate of drug-likeness (QED) is 0.0529. The highest BCUT2D eigenvalue weighted by atomic mass is 16.2. The van der Waals surface area contributed by atoms with E-state index in [1.165, 1.54) is 0 Å². The van der Waals surface area contributed by atoms with Crippen LogP contribution >= 0.6 is 0 Å². The molecule has 6 nitrogen and oxygen atoms in total. The summed E-state index contributed by atoms with van der Waals surface area (Å²) in [4.78, 5) is 42.5. The summed E-state index contributed by atoms with van der Waals surface area (Å²) in [5.74, 6) is -0.0615. The minimum atomic E-state index is -0.631. The van der Waals surface area contributed by atoms with Crippen molar-refractivity contribution >= 4 is 23.3 Å². The number of ketones is 1. The Morgan fingerprint density at radius 2 is 0.897 bits per heavy atom. The summed E-state index contributed by atoms with van der Waals surface area (Å²) in [6, 6.07) is 2.83. The van der Waals surface area contributed by atoms with Crippen molar-refractivity contribution in [2.75, 3.05) is 5.32 Å². The lowest BCUT2D eigenvalue weighted by atomic mass is 10.0. The number of allylic oxidation sites excluding steroid dienone is 20. The molecule has 0 saturated heterocycles. The molecule has 1 heterocycles. The molecular weight excluding hydrogens is 715 g/mol. The molecule has 0 spiro atoms. The van der Waals surface area contributed by atoms with E-state index in [0.717, 1.165) is 109 Å². The molecule has 1 aromatic heterocycles. The number of unbranched alkanes of at least 4 members (excludes halogenated alkanes) is 4. The van der Waals surface area contributed by atoms with Crippen molar-refractivity contribution in [3.63, 3.8) is 0 Å². The Hall–Kier alpha value is -4.84. The van der Waals surface area contributed by atoms with Gasteiger partial charge in [0.05, 0.1) is 0 Å². The molecule has 0 bridgehead atoms. The third-order valence-corrected chi connectivity index (χ3v) is 8.96. The first-order valence-corrected chi connectivity index (χ1v) is 22.1. The van der Waals surface area contributed by atoms with Gasteiger partial charge in [-0.2, -0.15) is 0 Å². The van der Waals surface area contributed by atoms with Gasteiger partial charge in [0.2, 0.25) is 11.8 Å². The first kappa shape index (κ1) is 51.2. The van der Waals surface area contributed by atoms with Gasteiger partial charge in [0.25, 0.3) is 0 Å². The van der Waals surface area contributed by atoms with Crippen LogP contribution in [0.25, 0.3) is 0 Å². The van der Waals surface area contributed by atoms with Crippen LogP contribution in [0.2, 0.25) is 0 Å². The average molecular weight is 790 g/mol. The standard InChI is InChI=1S/C52H75N3O3/c1-3-5-7-9-11-13-15-17-19-21-23-25-27-29-31-33-36-40-49(56)41-37-35-38-42-50(52(58)54-48-44-46-53-47-45-48)55-51(57)43-39-34-32-30-28-26-24-22-20-18-16-14-12-10-8-6-4-2/h5-8,11-14,17-20,23-26,29-32,44-47,50H,3-4,9-10,15-16,21-22,27-28,33-43H2,1-2H3,(H,55,57)(H,53,54,58)/b7-5-,8-6-,13-11-,14-12-,19-17-,20-18-,25-23-,26-24-,31-29-,32-30-/t50-/m0/s1. The van der Waals surface area contributed by atoms with Crippen LogP contribution in [0.15, 0.2) is 146 Å². The Labute approximate surface area is 352 Å². The van der Waals surface area contributed by atoms with Crippen molar-refractivity contribution in [1.82, 2.24) is 10.3 Å². The Kier molecular flexibility index (Phi) is 35.6. The molecule has 6 heteroatoms. The van der Waals surface area contributed by atoms with Gasteiger partial charge in [-0.05, 0) is 115 Å². The SMILES string of the molecule is CC/C=C\C/C=C\C/C=C\C/C=C\C/C=C\CCCC(=O)CCCCC[C@H](NC(=O)CCC/C=C\C/C=C\C/C=C\C/C=C\C/C=C\CC)C(=O)Nc1ccncc1. The Morgan fingerprint density at radius 3 is 1.34 bits per heavy atom. The van der Waals surface area contributed by atoms with E-state index in [-0.39, 0.29) is 11.8 Å². The van der Waals surface area contributed by atoms with Gasteiger partial charge in [-0.15, -0.1) is 0 Å². The van der Waals surface area contributed by atoms with Gasteiger partial charge in [-0.1, -0.05) is 148 Å². The molecule has 0 unspecified atom stereocenters. The monoisotopic (exact) mass is 790 g/mol. The second-order valence-corrected chi connectivity index (χ2v) is 14.2. The van der Waals surface area contributed by atoms with Crippen molar-refractivity contribution in [1.29, 1.82) is 0 Å². The molecule has 0 aliphatic carbocycles. The normalized spacial score (nSPS) is 13.2. The maximum absolute atomic E-state index is 13.1. The molecule has 0 saturated carbocycles. The molecule has 2 amide bonds. The number of hydrogen-bond donors (Lipinski definition) is 2. The van der Waals surface area contributed by atoms with E-state index in [2.05, 4.69) is 151 Å². The van der Waals surface area contributed by atoms with Gasteiger partial charge in [-0.3, -0.25) is 19.4 Å². The molecule has 2 N–H and O–H groups in total. The summed E-state index contributed by atoms with van der Waals surface area (Å²) in [6.45, 7) is 4.30. The van der Waals surface area contributed by atoms with Gasteiger partial charge in [0.15, 0.2) is 0 Å². The molecule has 0 fully saturated rings. The second kappa shape index (κ2) is 40.4. The summed E-state index contributed by atoms with van der Waals surface area (Å²) < 4.78 is 0. The lowest BCUT2D eigenvalue weighted by Gasteiger charge is -2.18. The van der Waals surface area contributed by atoms with E-state index in [9.17, 15) is 14.4 Å². The zero-order valence-corrected chi connectivity index (χ0v) is 36.0.